The summed E-state index contributed by atoms with van der Waals surface area (Å²) in [5, 5.41) is 9.74. The predicted molar refractivity (Wildman–Crippen MR) is 113 cm³/mol. The van der Waals surface area contributed by atoms with Crippen LogP contribution in [0.1, 0.15) is 42.2 Å². The van der Waals surface area contributed by atoms with Gasteiger partial charge < -0.3 is 9.47 Å². The molecule has 0 amide bonds. The normalized spacial score (nSPS) is 18.0. The maximum absolute atomic E-state index is 5.60. The van der Waals surface area contributed by atoms with Crippen molar-refractivity contribution in [2.24, 2.45) is 0 Å². The summed E-state index contributed by atoms with van der Waals surface area (Å²) in [6, 6.07) is 10.8. The summed E-state index contributed by atoms with van der Waals surface area (Å²) in [6.07, 6.45) is 7.01. The van der Waals surface area contributed by atoms with Crippen molar-refractivity contribution in [1.29, 1.82) is 0 Å². The van der Waals surface area contributed by atoms with Crippen LogP contribution in [0.2, 0.25) is 0 Å². The molecule has 0 aliphatic carbocycles. The second-order valence-electron chi connectivity index (χ2n) is 7.19. The van der Waals surface area contributed by atoms with Gasteiger partial charge in [0.2, 0.25) is 0 Å². The van der Waals surface area contributed by atoms with Gasteiger partial charge in [0.25, 0.3) is 0 Å². The molecular weight excluding hydrogens is 370 g/mol. The molecule has 1 aliphatic rings. The number of aromatic amines is 1. The molecule has 1 atom stereocenters. The van der Waals surface area contributed by atoms with Crippen LogP contribution in [0.15, 0.2) is 41.9 Å². The summed E-state index contributed by atoms with van der Waals surface area (Å²) in [7, 11) is 3.38. The fourth-order valence-electron chi connectivity index (χ4n) is 4.05. The number of hydrogen-bond acceptors (Lipinski definition) is 5. The number of nitrogens with one attached hydrogen (secondary N) is 1. The van der Waals surface area contributed by atoms with E-state index in [4.69, 9.17) is 9.47 Å². The summed E-state index contributed by atoms with van der Waals surface area (Å²) in [5.74, 6) is 1.62. The van der Waals surface area contributed by atoms with Crippen LogP contribution in [0.5, 0.6) is 11.5 Å². The molecule has 0 saturated carbocycles. The minimum atomic E-state index is 0.484. The van der Waals surface area contributed by atoms with Crippen molar-refractivity contribution < 1.29 is 9.47 Å². The highest BCUT2D eigenvalue weighted by Gasteiger charge is 2.25. The highest BCUT2D eigenvalue weighted by atomic mass is 32.1. The number of benzene rings is 1. The van der Waals surface area contributed by atoms with E-state index in [1.54, 1.807) is 14.2 Å². The number of H-pyrrole nitrogens is 1. The third-order valence-electron chi connectivity index (χ3n) is 5.50. The molecule has 0 radical (unpaired) electrons. The van der Waals surface area contributed by atoms with Gasteiger partial charge in [0.15, 0.2) is 0 Å². The van der Waals surface area contributed by atoms with Crippen molar-refractivity contribution >= 4 is 11.3 Å². The Balaban J connectivity index is 1.65. The summed E-state index contributed by atoms with van der Waals surface area (Å²) in [6.45, 7) is 1.98. The zero-order chi connectivity index (χ0) is 19.3. The monoisotopic (exact) mass is 397 g/mol. The summed E-state index contributed by atoms with van der Waals surface area (Å²) in [5.41, 5.74) is 3.18. The average molecular weight is 398 g/mol. The van der Waals surface area contributed by atoms with Crippen LogP contribution in [0.3, 0.4) is 0 Å². The Kier molecular flexibility index (Phi) is 5.98. The lowest BCUT2D eigenvalue weighted by Crippen LogP contribution is -2.27. The number of methoxy groups -OCH3 is 2. The number of rotatable bonds is 6. The highest BCUT2D eigenvalue weighted by Crippen LogP contribution is 2.37. The Hall–Kier alpha value is -2.31. The van der Waals surface area contributed by atoms with E-state index in [1.807, 2.05) is 35.7 Å². The van der Waals surface area contributed by atoms with E-state index in [1.165, 1.54) is 36.1 Å². The van der Waals surface area contributed by atoms with Gasteiger partial charge in [-0.2, -0.15) is 5.10 Å². The molecule has 0 bridgehead atoms. The molecular formula is C22H27N3O2S. The standard InChI is InChI=1S/C22H27N3O2S/c1-26-17-9-10-20(27-2)18(13-17)22-16(14-23-24-22)15-25-11-5-3-4-7-19(25)21-8-6-12-28-21/h6,8-10,12-14,19H,3-5,7,11,15H2,1-2H3,(H,23,24)/t19-/m1/s1. The van der Waals surface area contributed by atoms with Crippen LogP contribution < -0.4 is 9.47 Å². The molecule has 1 aliphatic heterocycles. The van der Waals surface area contributed by atoms with Crippen molar-refractivity contribution in [3.05, 3.63) is 52.3 Å². The topological polar surface area (TPSA) is 50.4 Å². The molecule has 1 aromatic carbocycles. The van der Waals surface area contributed by atoms with Crippen molar-refractivity contribution in [1.82, 2.24) is 15.1 Å². The molecule has 1 fully saturated rings. The number of ether oxygens (including phenoxy) is 2. The molecule has 1 saturated heterocycles. The number of thiophene rings is 1. The first-order valence-corrected chi connectivity index (χ1v) is 10.7. The number of aromatic nitrogens is 2. The van der Waals surface area contributed by atoms with Crippen LogP contribution >= 0.6 is 11.3 Å². The third-order valence-corrected chi connectivity index (χ3v) is 6.48. The molecule has 1 N–H and O–H groups in total. The smallest absolute Gasteiger partial charge is 0.128 e. The maximum Gasteiger partial charge on any atom is 0.128 e. The van der Waals surface area contributed by atoms with Crippen LogP contribution in [-0.4, -0.2) is 35.9 Å². The quantitative estimate of drug-likeness (QED) is 0.615. The average Bonchev–Trinajstić information content (AvgIpc) is 3.37. The first-order chi connectivity index (χ1) is 13.8. The van der Waals surface area contributed by atoms with Gasteiger partial charge >= 0.3 is 0 Å². The molecule has 2 aromatic heterocycles. The van der Waals surface area contributed by atoms with Gasteiger partial charge in [-0.05, 0) is 49.0 Å². The molecule has 4 rings (SSSR count). The fourth-order valence-corrected chi connectivity index (χ4v) is 4.95. The first-order valence-electron chi connectivity index (χ1n) is 9.82. The number of likely N-dealkylation sites (tertiary alicyclic amines) is 1. The van der Waals surface area contributed by atoms with Gasteiger partial charge in [0.1, 0.15) is 11.5 Å². The molecule has 0 unspecified atom stereocenters. The molecule has 0 spiro atoms. The van der Waals surface area contributed by atoms with E-state index in [9.17, 15) is 0 Å². The minimum Gasteiger partial charge on any atom is -0.497 e. The summed E-state index contributed by atoms with van der Waals surface area (Å²) >= 11 is 1.87. The Morgan fingerprint density at radius 2 is 2.11 bits per heavy atom. The van der Waals surface area contributed by atoms with E-state index >= 15 is 0 Å². The summed E-state index contributed by atoms with van der Waals surface area (Å²) in [4.78, 5) is 4.07. The predicted octanol–water partition coefficient (Wildman–Crippen LogP) is 5.27. The van der Waals surface area contributed by atoms with Crippen molar-refractivity contribution in [2.45, 2.75) is 38.3 Å². The van der Waals surface area contributed by atoms with E-state index in [2.05, 4.69) is 32.6 Å². The van der Waals surface area contributed by atoms with Crippen LogP contribution in [0, 0.1) is 0 Å². The van der Waals surface area contributed by atoms with Gasteiger partial charge in [-0.3, -0.25) is 10.00 Å². The number of hydrogen-bond donors (Lipinski definition) is 1. The van der Waals surface area contributed by atoms with Gasteiger partial charge in [-0.1, -0.05) is 18.9 Å². The SMILES string of the molecule is COc1ccc(OC)c(-c2[nH]ncc2CN2CCCCC[C@@H]2c2cccs2)c1. The van der Waals surface area contributed by atoms with Crippen LogP contribution in [-0.2, 0) is 6.54 Å². The van der Waals surface area contributed by atoms with Gasteiger partial charge in [-0.15, -0.1) is 11.3 Å². The third kappa shape index (κ3) is 3.93. The van der Waals surface area contributed by atoms with E-state index < -0.39 is 0 Å². The van der Waals surface area contributed by atoms with E-state index in [-0.39, 0.29) is 0 Å². The van der Waals surface area contributed by atoms with Crippen molar-refractivity contribution in [3.8, 4) is 22.8 Å². The lowest BCUT2D eigenvalue weighted by atomic mass is 10.0. The second-order valence-corrected chi connectivity index (χ2v) is 8.17. The Morgan fingerprint density at radius 1 is 1.18 bits per heavy atom. The van der Waals surface area contributed by atoms with Crippen LogP contribution in [0.4, 0.5) is 0 Å². The lowest BCUT2D eigenvalue weighted by molar-refractivity contribution is 0.195. The fraction of sp³-hybridized carbons (Fsp3) is 0.409. The van der Waals surface area contributed by atoms with E-state index in [0.29, 0.717) is 6.04 Å². The molecule has 148 valence electrons. The van der Waals surface area contributed by atoms with Gasteiger partial charge in [0.05, 0.1) is 26.1 Å². The minimum absolute atomic E-state index is 0.484. The molecule has 5 nitrogen and oxygen atoms in total. The van der Waals surface area contributed by atoms with Crippen LogP contribution in [0.25, 0.3) is 11.3 Å². The Bertz CT molecular complexity index is 891. The largest absolute Gasteiger partial charge is 0.497 e. The number of nitrogens with zero attached hydrogens (tertiary/aromatic N) is 2. The molecule has 28 heavy (non-hydrogen) atoms. The maximum atomic E-state index is 5.60. The zero-order valence-corrected chi connectivity index (χ0v) is 17.3. The Morgan fingerprint density at radius 3 is 2.89 bits per heavy atom. The first kappa shape index (κ1) is 19.0. The van der Waals surface area contributed by atoms with Crippen molar-refractivity contribution in [2.75, 3.05) is 20.8 Å². The molecule has 3 heterocycles. The summed E-state index contributed by atoms with van der Waals surface area (Å²) < 4.78 is 11.0. The lowest BCUT2D eigenvalue weighted by Gasteiger charge is -2.29. The molecule has 6 heteroatoms. The van der Waals surface area contributed by atoms with E-state index in [0.717, 1.165) is 35.8 Å². The highest BCUT2D eigenvalue weighted by molar-refractivity contribution is 7.10. The van der Waals surface area contributed by atoms with Gasteiger partial charge in [-0.25, -0.2) is 0 Å². The second kappa shape index (κ2) is 8.80. The zero-order valence-electron chi connectivity index (χ0n) is 16.5. The molecule has 3 aromatic rings. The van der Waals surface area contributed by atoms with Crippen molar-refractivity contribution in [3.63, 3.8) is 0 Å². The van der Waals surface area contributed by atoms with Gasteiger partial charge in [0, 0.05) is 28.6 Å². The Labute approximate surface area is 170 Å².